The molecule has 19 heavy (non-hydrogen) atoms. The zero-order valence-electron chi connectivity index (χ0n) is 11.0. The van der Waals surface area contributed by atoms with Crippen molar-refractivity contribution in [3.8, 4) is 0 Å². The van der Waals surface area contributed by atoms with Gasteiger partial charge in [0, 0.05) is 11.7 Å². The van der Waals surface area contributed by atoms with Crippen molar-refractivity contribution in [1.29, 1.82) is 0 Å². The molecular weight excluding hydrogens is 244 g/mol. The average molecular weight is 262 g/mol. The molecule has 1 aliphatic carbocycles. The minimum atomic E-state index is -1.09. The van der Waals surface area contributed by atoms with Crippen molar-refractivity contribution in [2.45, 2.75) is 44.6 Å². The van der Waals surface area contributed by atoms with Crippen molar-refractivity contribution < 1.29 is 14.7 Å². The van der Waals surface area contributed by atoms with Crippen LogP contribution in [0, 0.1) is 0 Å². The number of pyridine rings is 1. The standard InChI is InChI=1S/C14H18N2O3/c1-14(7-3-2-4-8-14)16-12(17)10-5-6-11(13(18)19)15-9-10/h5-6,9H,2-4,7-8H2,1H3,(H,16,17)(H,18,19). The van der Waals surface area contributed by atoms with Crippen molar-refractivity contribution in [2.75, 3.05) is 0 Å². The maximum absolute atomic E-state index is 12.1. The molecule has 1 amide bonds. The van der Waals surface area contributed by atoms with Gasteiger partial charge in [-0.1, -0.05) is 19.3 Å². The fourth-order valence-corrected chi connectivity index (χ4v) is 2.46. The van der Waals surface area contributed by atoms with Crippen molar-refractivity contribution in [2.24, 2.45) is 0 Å². The summed E-state index contributed by atoms with van der Waals surface area (Å²) >= 11 is 0. The van der Waals surface area contributed by atoms with Crippen molar-refractivity contribution >= 4 is 11.9 Å². The van der Waals surface area contributed by atoms with Crippen LogP contribution in [0.1, 0.15) is 59.9 Å². The number of nitrogens with one attached hydrogen (secondary N) is 1. The van der Waals surface area contributed by atoms with Crippen molar-refractivity contribution in [3.05, 3.63) is 29.6 Å². The van der Waals surface area contributed by atoms with Crippen LogP contribution in [0.5, 0.6) is 0 Å². The number of aromatic nitrogens is 1. The van der Waals surface area contributed by atoms with Crippen LogP contribution in [0.2, 0.25) is 0 Å². The Morgan fingerprint density at radius 2 is 1.95 bits per heavy atom. The average Bonchev–Trinajstić information content (AvgIpc) is 2.39. The van der Waals surface area contributed by atoms with Crippen LogP contribution in [0.3, 0.4) is 0 Å². The van der Waals surface area contributed by atoms with Crippen LogP contribution in [-0.4, -0.2) is 27.5 Å². The molecule has 0 atom stereocenters. The smallest absolute Gasteiger partial charge is 0.354 e. The van der Waals surface area contributed by atoms with E-state index < -0.39 is 5.97 Å². The van der Waals surface area contributed by atoms with Crippen LogP contribution in [0.4, 0.5) is 0 Å². The first-order valence-corrected chi connectivity index (χ1v) is 6.52. The maximum atomic E-state index is 12.1. The monoisotopic (exact) mass is 262 g/mol. The first-order chi connectivity index (χ1) is 9.00. The van der Waals surface area contributed by atoms with Crippen LogP contribution >= 0.6 is 0 Å². The Balaban J connectivity index is 2.05. The number of rotatable bonds is 3. The van der Waals surface area contributed by atoms with Gasteiger partial charge in [0.25, 0.3) is 5.91 Å². The number of carbonyl (C=O) groups excluding carboxylic acids is 1. The third-order valence-electron chi connectivity index (χ3n) is 3.62. The predicted octanol–water partition coefficient (Wildman–Crippen LogP) is 2.23. The van der Waals surface area contributed by atoms with Crippen LogP contribution in [0.25, 0.3) is 0 Å². The second-order valence-electron chi connectivity index (χ2n) is 5.31. The fourth-order valence-electron chi connectivity index (χ4n) is 2.46. The van der Waals surface area contributed by atoms with E-state index in [-0.39, 0.29) is 17.1 Å². The highest BCUT2D eigenvalue weighted by molar-refractivity contribution is 5.95. The van der Waals surface area contributed by atoms with E-state index in [9.17, 15) is 9.59 Å². The molecule has 0 spiro atoms. The zero-order valence-corrected chi connectivity index (χ0v) is 11.0. The van der Waals surface area contributed by atoms with E-state index in [0.29, 0.717) is 5.56 Å². The van der Waals surface area contributed by atoms with Gasteiger partial charge in [-0.3, -0.25) is 4.79 Å². The number of hydrogen-bond acceptors (Lipinski definition) is 3. The van der Waals surface area contributed by atoms with Crippen molar-refractivity contribution in [3.63, 3.8) is 0 Å². The van der Waals surface area contributed by atoms with Gasteiger partial charge in [0.1, 0.15) is 5.69 Å². The molecule has 2 rings (SSSR count). The summed E-state index contributed by atoms with van der Waals surface area (Å²) in [5.41, 5.74) is 0.193. The van der Waals surface area contributed by atoms with E-state index in [1.54, 1.807) is 0 Å². The number of carbonyl (C=O) groups is 2. The normalized spacial score (nSPS) is 17.7. The van der Waals surface area contributed by atoms with Gasteiger partial charge in [-0.25, -0.2) is 9.78 Å². The molecule has 5 nitrogen and oxygen atoms in total. The van der Waals surface area contributed by atoms with Crippen LogP contribution < -0.4 is 5.32 Å². The lowest BCUT2D eigenvalue weighted by Gasteiger charge is -2.34. The van der Waals surface area contributed by atoms with Gasteiger partial charge >= 0.3 is 5.97 Å². The number of carboxylic acid groups (broad SMARTS) is 1. The molecule has 0 aliphatic heterocycles. The molecule has 0 radical (unpaired) electrons. The first-order valence-electron chi connectivity index (χ1n) is 6.52. The molecule has 1 fully saturated rings. The molecule has 102 valence electrons. The van der Waals surface area contributed by atoms with Gasteiger partial charge in [0.15, 0.2) is 0 Å². The molecule has 1 aliphatic rings. The molecule has 0 unspecified atom stereocenters. The summed E-state index contributed by atoms with van der Waals surface area (Å²) in [5, 5.41) is 11.8. The highest BCUT2D eigenvalue weighted by Gasteiger charge is 2.28. The molecule has 2 N–H and O–H groups in total. The predicted molar refractivity (Wildman–Crippen MR) is 70.2 cm³/mol. The van der Waals surface area contributed by atoms with E-state index in [2.05, 4.69) is 17.2 Å². The lowest BCUT2D eigenvalue weighted by molar-refractivity contribution is 0.0689. The van der Waals surface area contributed by atoms with E-state index in [0.717, 1.165) is 25.7 Å². The largest absolute Gasteiger partial charge is 0.477 e. The SMILES string of the molecule is CC1(NC(=O)c2ccc(C(=O)O)nc2)CCCCC1. The summed E-state index contributed by atoms with van der Waals surface area (Å²) in [4.78, 5) is 26.5. The molecule has 0 aromatic carbocycles. The molecule has 0 bridgehead atoms. The summed E-state index contributed by atoms with van der Waals surface area (Å²) in [5.74, 6) is -1.28. The molecular formula is C14H18N2O3. The third kappa shape index (κ3) is 3.30. The number of hydrogen-bond donors (Lipinski definition) is 2. The number of amides is 1. The first kappa shape index (κ1) is 13.5. The summed E-state index contributed by atoms with van der Waals surface area (Å²) in [6.07, 6.45) is 6.77. The highest BCUT2D eigenvalue weighted by atomic mass is 16.4. The van der Waals surface area contributed by atoms with Gasteiger partial charge in [0.05, 0.1) is 5.56 Å². The fraction of sp³-hybridized carbons (Fsp3) is 0.500. The van der Waals surface area contributed by atoms with Crippen molar-refractivity contribution in [1.82, 2.24) is 10.3 Å². The Kier molecular flexibility index (Phi) is 3.83. The maximum Gasteiger partial charge on any atom is 0.354 e. The van der Waals surface area contributed by atoms with Gasteiger partial charge in [0.2, 0.25) is 0 Å². The second-order valence-corrected chi connectivity index (χ2v) is 5.31. The minimum Gasteiger partial charge on any atom is -0.477 e. The Hall–Kier alpha value is -1.91. The summed E-state index contributed by atoms with van der Waals surface area (Å²) < 4.78 is 0. The van der Waals surface area contributed by atoms with Crippen LogP contribution in [0.15, 0.2) is 18.3 Å². The van der Waals surface area contributed by atoms with E-state index in [4.69, 9.17) is 5.11 Å². The van der Waals surface area contributed by atoms with E-state index in [1.165, 1.54) is 24.8 Å². The molecule has 5 heteroatoms. The highest BCUT2D eigenvalue weighted by Crippen LogP contribution is 2.27. The summed E-state index contributed by atoms with van der Waals surface area (Å²) in [6.45, 7) is 2.06. The van der Waals surface area contributed by atoms with Gasteiger partial charge in [-0.2, -0.15) is 0 Å². The Labute approximate surface area is 112 Å². The van der Waals surface area contributed by atoms with Crippen LogP contribution in [-0.2, 0) is 0 Å². The van der Waals surface area contributed by atoms with Gasteiger partial charge in [-0.15, -0.1) is 0 Å². The Morgan fingerprint density at radius 3 is 2.47 bits per heavy atom. The molecule has 1 aromatic heterocycles. The lowest BCUT2D eigenvalue weighted by Crippen LogP contribution is -2.47. The van der Waals surface area contributed by atoms with Gasteiger partial charge in [-0.05, 0) is 31.9 Å². The summed E-state index contributed by atoms with van der Waals surface area (Å²) in [7, 11) is 0. The van der Waals surface area contributed by atoms with Gasteiger partial charge < -0.3 is 10.4 Å². The molecule has 0 saturated heterocycles. The molecule has 1 heterocycles. The lowest BCUT2D eigenvalue weighted by atomic mass is 9.83. The number of carboxylic acids is 1. The molecule has 1 saturated carbocycles. The quantitative estimate of drug-likeness (QED) is 0.875. The topological polar surface area (TPSA) is 79.3 Å². The van der Waals surface area contributed by atoms with E-state index >= 15 is 0 Å². The third-order valence-corrected chi connectivity index (χ3v) is 3.62. The van der Waals surface area contributed by atoms with E-state index in [1.807, 2.05) is 0 Å². The number of aromatic carboxylic acids is 1. The molecule has 1 aromatic rings. The minimum absolute atomic E-state index is 0.0552. The Bertz CT molecular complexity index is 476. The number of nitrogens with zero attached hydrogens (tertiary/aromatic N) is 1. The second kappa shape index (κ2) is 5.38. The summed E-state index contributed by atoms with van der Waals surface area (Å²) in [6, 6.07) is 2.85. The Morgan fingerprint density at radius 1 is 1.26 bits per heavy atom. The zero-order chi connectivity index (χ0) is 13.9.